The van der Waals surface area contributed by atoms with Gasteiger partial charge in [0.1, 0.15) is 0 Å². The van der Waals surface area contributed by atoms with Crippen molar-refractivity contribution in [2.24, 2.45) is 0 Å². The van der Waals surface area contributed by atoms with E-state index in [1.165, 1.54) is 10.6 Å². The number of piperazine rings is 1. The van der Waals surface area contributed by atoms with Crippen molar-refractivity contribution in [3.8, 4) is 11.3 Å². The Morgan fingerprint density at radius 1 is 1.09 bits per heavy atom. The van der Waals surface area contributed by atoms with Gasteiger partial charge in [0.05, 0.1) is 11.4 Å². The molecule has 0 aliphatic carbocycles. The lowest BCUT2D eigenvalue weighted by atomic mass is 10.1. The lowest BCUT2D eigenvalue weighted by Crippen LogP contribution is -2.49. The van der Waals surface area contributed by atoms with Gasteiger partial charge in [0.25, 0.3) is 0 Å². The molecule has 2 amide bonds. The Morgan fingerprint density at radius 3 is 2.58 bits per heavy atom. The van der Waals surface area contributed by atoms with E-state index in [1.807, 2.05) is 60.4 Å². The fourth-order valence-electron chi connectivity index (χ4n) is 4.24. The van der Waals surface area contributed by atoms with Crippen molar-refractivity contribution in [3.05, 3.63) is 75.9 Å². The van der Waals surface area contributed by atoms with Crippen LogP contribution >= 0.6 is 22.9 Å². The highest BCUT2D eigenvalue weighted by atomic mass is 35.5. The summed E-state index contributed by atoms with van der Waals surface area (Å²) in [6.07, 6.45) is 2.16. The first-order valence-corrected chi connectivity index (χ1v) is 12.2. The molecule has 170 valence electrons. The molecule has 0 atom stereocenters. The van der Waals surface area contributed by atoms with E-state index >= 15 is 0 Å². The number of fused-ring (bicyclic) bond motifs is 1. The smallest absolute Gasteiger partial charge is 0.321 e. The van der Waals surface area contributed by atoms with E-state index in [0.29, 0.717) is 13.1 Å². The summed E-state index contributed by atoms with van der Waals surface area (Å²) in [4.78, 5) is 24.2. The Kier molecular flexibility index (Phi) is 6.10. The van der Waals surface area contributed by atoms with Crippen molar-refractivity contribution in [1.82, 2.24) is 19.2 Å². The Labute approximate surface area is 202 Å². The summed E-state index contributed by atoms with van der Waals surface area (Å²) in [5, 5.41) is 3.74. The maximum absolute atomic E-state index is 12.7. The predicted octanol–water partition coefficient (Wildman–Crippen LogP) is 5.68. The van der Waals surface area contributed by atoms with Crippen LogP contribution in [0.3, 0.4) is 0 Å². The van der Waals surface area contributed by atoms with Crippen molar-refractivity contribution in [3.63, 3.8) is 0 Å². The molecule has 2 aromatic carbocycles. The van der Waals surface area contributed by atoms with E-state index < -0.39 is 0 Å². The second-order valence-electron chi connectivity index (χ2n) is 8.47. The first-order chi connectivity index (χ1) is 16.0. The van der Waals surface area contributed by atoms with Crippen LogP contribution in [0.2, 0.25) is 5.02 Å². The summed E-state index contributed by atoms with van der Waals surface area (Å²) in [5.41, 5.74) is 5.21. The summed E-state index contributed by atoms with van der Waals surface area (Å²) in [6.45, 7) is 7.93. The first kappa shape index (κ1) is 21.9. The lowest BCUT2D eigenvalue weighted by molar-refractivity contribution is 0.142. The molecule has 1 aliphatic heterocycles. The fraction of sp³-hybridized carbons (Fsp3) is 0.280. The molecule has 2 aromatic heterocycles. The molecule has 33 heavy (non-hydrogen) atoms. The number of benzene rings is 2. The lowest BCUT2D eigenvalue weighted by Gasteiger charge is -2.34. The molecule has 0 saturated carbocycles. The normalized spacial score (nSPS) is 14.7. The number of aromatic nitrogens is 2. The van der Waals surface area contributed by atoms with E-state index in [1.54, 1.807) is 11.3 Å². The van der Waals surface area contributed by atoms with Crippen molar-refractivity contribution >= 4 is 39.6 Å². The van der Waals surface area contributed by atoms with Gasteiger partial charge in [-0.05, 0) is 43.7 Å². The zero-order valence-corrected chi connectivity index (χ0v) is 20.3. The molecule has 5 rings (SSSR count). The summed E-state index contributed by atoms with van der Waals surface area (Å²) >= 11 is 7.80. The van der Waals surface area contributed by atoms with Gasteiger partial charge in [0, 0.05) is 60.1 Å². The summed E-state index contributed by atoms with van der Waals surface area (Å²) < 4.78 is 2.21. The monoisotopic (exact) mass is 479 g/mol. The average molecular weight is 480 g/mol. The molecule has 3 heterocycles. The number of anilines is 1. The molecule has 0 bridgehead atoms. The number of thiazole rings is 1. The molecule has 1 saturated heterocycles. The van der Waals surface area contributed by atoms with Crippen molar-refractivity contribution < 1.29 is 4.79 Å². The van der Waals surface area contributed by atoms with Crippen molar-refractivity contribution in [1.29, 1.82) is 0 Å². The number of imidazole rings is 1. The largest absolute Gasteiger partial charge is 0.322 e. The molecule has 0 spiro atoms. The van der Waals surface area contributed by atoms with Crippen LogP contribution in [0.25, 0.3) is 16.2 Å². The minimum absolute atomic E-state index is 0.0395. The standard InChI is InChI=1S/C25H26ClN5OS/c1-17-4-3-5-21(14-17)27-24(32)30-12-10-29(11-13-30)16-22-23(19-6-8-20(26)9-7-19)28-25-31(22)15-18(2)33-25/h3-9,14-15H,10-13,16H2,1-2H3,(H,27,32). The van der Waals surface area contributed by atoms with Gasteiger partial charge in [0.15, 0.2) is 4.96 Å². The van der Waals surface area contributed by atoms with Crippen LogP contribution < -0.4 is 5.32 Å². The molecule has 6 nitrogen and oxygen atoms in total. The molecule has 4 aromatic rings. The van der Waals surface area contributed by atoms with Gasteiger partial charge in [-0.2, -0.15) is 0 Å². The molecular formula is C25H26ClN5OS. The van der Waals surface area contributed by atoms with Gasteiger partial charge in [-0.1, -0.05) is 35.9 Å². The van der Waals surface area contributed by atoms with Gasteiger partial charge in [0.2, 0.25) is 0 Å². The Morgan fingerprint density at radius 2 is 1.85 bits per heavy atom. The van der Waals surface area contributed by atoms with E-state index in [2.05, 4.69) is 27.7 Å². The predicted molar refractivity (Wildman–Crippen MR) is 135 cm³/mol. The van der Waals surface area contributed by atoms with E-state index in [-0.39, 0.29) is 6.03 Å². The van der Waals surface area contributed by atoms with E-state index in [9.17, 15) is 4.79 Å². The second kappa shape index (κ2) is 9.17. The van der Waals surface area contributed by atoms with Gasteiger partial charge >= 0.3 is 6.03 Å². The van der Waals surface area contributed by atoms with E-state index in [4.69, 9.17) is 16.6 Å². The molecule has 1 fully saturated rings. The van der Waals surface area contributed by atoms with Crippen molar-refractivity contribution in [2.45, 2.75) is 20.4 Å². The zero-order valence-electron chi connectivity index (χ0n) is 18.7. The maximum atomic E-state index is 12.7. The number of hydrogen-bond acceptors (Lipinski definition) is 4. The minimum atomic E-state index is -0.0395. The average Bonchev–Trinajstić information content (AvgIpc) is 3.31. The number of hydrogen-bond donors (Lipinski definition) is 1. The SMILES string of the molecule is Cc1cccc(NC(=O)N2CCN(Cc3c(-c4ccc(Cl)cc4)nc4sc(C)cn34)CC2)c1. The highest BCUT2D eigenvalue weighted by Crippen LogP contribution is 2.30. The number of halogens is 1. The second-order valence-corrected chi connectivity index (χ2v) is 10.1. The molecule has 1 N–H and O–H groups in total. The quantitative estimate of drug-likeness (QED) is 0.409. The van der Waals surface area contributed by atoms with Crippen LogP contribution in [0.4, 0.5) is 10.5 Å². The highest BCUT2D eigenvalue weighted by molar-refractivity contribution is 7.17. The maximum Gasteiger partial charge on any atom is 0.321 e. The van der Waals surface area contributed by atoms with Crippen LogP contribution in [0.15, 0.2) is 54.7 Å². The first-order valence-electron chi connectivity index (χ1n) is 11.0. The summed E-state index contributed by atoms with van der Waals surface area (Å²) in [6, 6.07) is 15.7. The molecule has 0 unspecified atom stereocenters. The summed E-state index contributed by atoms with van der Waals surface area (Å²) in [5.74, 6) is 0. The van der Waals surface area contributed by atoms with Gasteiger partial charge in [-0.25, -0.2) is 9.78 Å². The van der Waals surface area contributed by atoms with Crippen LogP contribution in [0.1, 0.15) is 16.1 Å². The molecule has 8 heteroatoms. The molecule has 0 radical (unpaired) electrons. The van der Waals surface area contributed by atoms with E-state index in [0.717, 1.165) is 52.1 Å². The third-order valence-electron chi connectivity index (χ3n) is 5.96. The number of nitrogens with zero attached hydrogens (tertiary/aromatic N) is 4. The third-order valence-corrected chi connectivity index (χ3v) is 7.11. The number of nitrogens with one attached hydrogen (secondary N) is 1. The highest BCUT2D eigenvalue weighted by Gasteiger charge is 2.24. The van der Waals surface area contributed by atoms with Crippen LogP contribution in [0, 0.1) is 13.8 Å². The van der Waals surface area contributed by atoms with Crippen LogP contribution in [-0.4, -0.2) is 51.4 Å². The van der Waals surface area contributed by atoms with Gasteiger partial charge in [-0.3, -0.25) is 9.30 Å². The fourth-order valence-corrected chi connectivity index (χ4v) is 5.21. The number of rotatable bonds is 4. The Balaban J connectivity index is 1.29. The third kappa shape index (κ3) is 4.76. The Hall–Kier alpha value is -2.87. The zero-order chi connectivity index (χ0) is 22.9. The number of amides is 2. The Bertz CT molecular complexity index is 1290. The minimum Gasteiger partial charge on any atom is -0.322 e. The van der Waals surface area contributed by atoms with Crippen LogP contribution in [-0.2, 0) is 6.54 Å². The van der Waals surface area contributed by atoms with Gasteiger partial charge in [-0.15, -0.1) is 11.3 Å². The van der Waals surface area contributed by atoms with Crippen molar-refractivity contribution in [2.75, 3.05) is 31.5 Å². The van der Waals surface area contributed by atoms with Crippen LogP contribution in [0.5, 0.6) is 0 Å². The number of carbonyl (C=O) groups is 1. The molecular weight excluding hydrogens is 454 g/mol. The number of carbonyl (C=O) groups excluding carboxylic acids is 1. The van der Waals surface area contributed by atoms with Gasteiger partial charge < -0.3 is 10.2 Å². The topological polar surface area (TPSA) is 52.9 Å². The summed E-state index contributed by atoms with van der Waals surface area (Å²) in [7, 11) is 0. The molecule has 1 aliphatic rings. The number of aryl methyl sites for hydroxylation is 2. The number of urea groups is 1.